The van der Waals surface area contributed by atoms with Gasteiger partial charge in [0.1, 0.15) is 23.7 Å². The Labute approximate surface area is 212 Å². The van der Waals surface area contributed by atoms with Crippen LogP contribution in [0, 0.1) is 5.82 Å². The highest BCUT2D eigenvalue weighted by molar-refractivity contribution is 7.89. The zero-order valence-electron chi connectivity index (χ0n) is 18.9. The molecule has 2 heterocycles. The van der Waals surface area contributed by atoms with Gasteiger partial charge in [-0.3, -0.25) is 15.0 Å². The van der Waals surface area contributed by atoms with E-state index >= 15 is 0 Å². The van der Waals surface area contributed by atoms with Crippen molar-refractivity contribution >= 4 is 27.5 Å². The average molecular weight is 536 g/mol. The number of aromatic nitrogens is 1. The molecule has 2 unspecified atom stereocenters. The van der Waals surface area contributed by atoms with Gasteiger partial charge in [0.15, 0.2) is 0 Å². The Bertz CT molecular complexity index is 1320. The van der Waals surface area contributed by atoms with Gasteiger partial charge in [-0.2, -0.15) is 4.72 Å². The van der Waals surface area contributed by atoms with Crippen LogP contribution in [0.25, 0.3) is 0 Å². The molecule has 0 saturated carbocycles. The molecule has 3 aromatic rings. The van der Waals surface area contributed by atoms with Crippen molar-refractivity contribution < 1.29 is 32.3 Å². The Hall–Kier alpha value is -3.09. The van der Waals surface area contributed by atoms with Crippen LogP contribution < -0.4 is 14.9 Å². The van der Waals surface area contributed by atoms with Gasteiger partial charge in [0.2, 0.25) is 10.0 Å². The first-order valence-electron chi connectivity index (χ1n) is 10.9. The number of nitrogens with zero attached hydrogens (tertiary/aromatic N) is 1. The van der Waals surface area contributed by atoms with Crippen LogP contribution in [-0.4, -0.2) is 36.7 Å². The molecule has 1 amide bonds. The van der Waals surface area contributed by atoms with Gasteiger partial charge < -0.3 is 9.47 Å². The Morgan fingerprint density at radius 2 is 2.03 bits per heavy atom. The third kappa shape index (κ3) is 5.82. The number of rotatable bonds is 8. The first-order chi connectivity index (χ1) is 17.2. The molecule has 1 aliphatic rings. The summed E-state index contributed by atoms with van der Waals surface area (Å²) in [5.74, 6) is -1.13. The van der Waals surface area contributed by atoms with Gasteiger partial charge in [0.25, 0.3) is 5.91 Å². The first-order valence-corrected chi connectivity index (χ1v) is 12.8. The molecule has 0 spiro atoms. The topological polar surface area (TPSA) is 127 Å². The number of amides is 1. The van der Waals surface area contributed by atoms with Crippen molar-refractivity contribution in [2.75, 3.05) is 6.61 Å². The van der Waals surface area contributed by atoms with Gasteiger partial charge in [-0.1, -0.05) is 23.7 Å². The van der Waals surface area contributed by atoms with Gasteiger partial charge in [0.05, 0.1) is 17.6 Å². The van der Waals surface area contributed by atoms with Crippen LogP contribution in [0.4, 0.5) is 4.39 Å². The molecular formula is C24H23ClFN3O6S. The second-order valence-electron chi connectivity index (χ2n) is 8.25. The van der Waals surface area contributed by atoms with E-state index in [1.807, 2.05) is 6.07 Å². The number of hydrogen-bond donors (Lipinski definition) is 3. The van der Waals surface area contributed by atoms with Crippen molar-refractivity contribution in [3.63, 3.8) is 0 Å². The summed E-state index contributed by atoms with van der Waals surface area (Å²) < 4.78 is 53.9. The van der Waals surface area contributed by atoms with Crippen LogP contribution in [0.15, 0.2) is 71.9 Å². The van der Waals surface area contributed by atoms with Crippen molar-refractivity contribution in [2.45, 2.75) is 36.0 Å². The van der Waals surface area contributed by atoms with Gasteiger partial charge in [0, 0.05) is 23.0 Å². The minimum Gasteiger partial charge on any atom is -0.489 e. The summed E-state index contributed by atoms with van der Waals surface area (Å²) in [5.41, 5.74) is 0.909. The lowest BCUT2D eigenvalue weighted by Crippen LogP contribution is -2.62. The van der Waals surface area contributed by atoms with Crippen LogP contribution in [0.3, 0.4) is 0 Å². The van der Waals surface area contributed by atoms with Crippen molar-refractivity contribution in [3.05, 3.63) is 89.0 Å². The SMILES string of the molecule is O=C(NO)C1(NS(=O)(=O)c2ccc(OCc3ccc(Cl)cc3F)cc2)CCC(c2cccnc2)OC1. The van der Waals surface area contributed by atoms with E-state index in [9.17, 15) is 22.8 Å². The lowest BCUT2D eigenvalue weighted by atomic mass is 9.88. The fourth-order valence-electron chi connectivity index (χ4n) is 3.85. The summed E-state index contributed by atoms with van der Waals surface area (Å²) in [7, 11) is -4.20. The number of hydroxylamine groups is 1. The normalized spacial score (nSPS) is 20.0. The molecule has 1 saturated heterocycles. The number of carbonyl (C=O) groups excluding carboxylic acids is 1. The van der Waals surface area contributed by atoms with Crippen LogP contribution in [0.2, 0.25) is 5.02 Å². The minimum absolute atomic E-state index is 0.0754. The zero-order chi connectivity index (χ0) is 25.8. The third-order valence-electron chi connectivity index (χ3n) is 5.83. The molecule has 2 aromatic carbocycles. The van der Waals surface area contributed by atoms with Crippen LogP contribution >= 0.6 is 11.6 Å². The number of carbonyl (C=O) groups is 1. The molecule has 0 radical (unpaired) electrons. The summed E-state index contributed by atoms with van der Waals surface area (Å²) in [5, 5.41) is 9.54. The smallest absolute Gasteiger partial charge is 0.267 e. The van der Waals surface area contributed by atoms with Crippen LogP contribution in [0.5, 0.6) is 5.75 Å². The molecular weight excluding hydrogens is 513 g/mol. The van der Waals surface area contributed by atoms with E-state index in [1.54, 1.807) is 18.5 Å². The maximum absolute atomic E-state index is 13.9. The molecule has 0 aliphatic carbocycles. The Morgan fingerprint density at radius 1 is 1.25 bits per heavy atom. The van der Waals surface area contributed by atoms with E-state index in [2.05, 4.69) is 9.71 Å². The molecule has 9 nitrogen and oxygen atoms in total. The molecule has 1 aromatic heterocycles. The summed E-state index contributed by atoms with van der Waals surface area (Å²) in [6.07, 6.45) is 3.28. The maximum atomic E-state index is 13.9. The van der Waals surface area contributed by atoms with Crippen molar-refractivity contribution in [1.82, 2.24) is 15.2 Å². The van der Waals surface area contributed by atoms with Crippen molar-refractivity contribution in [3.8, 4) is 5.75 Å². The Balaban J connectivity index is 1.45. The molecule has 190 valence electrons. The fraction of sp³-hybridized carbons (Fsp3) is 0.250. The number of halogens is 2. The lowest BCUT2D eigenvalue weighted by Gasteiger charge is -2.38. The number of pyridine rings is 1. The van der Waals surface area contributed by atoms with Gasteiger partial charge >= 0.3 is 0 Å². The summed E-state index contributed by atoms with van der Waals surface area (Å²) in [4.78, 5) is 16.4. The van der Waals surface area contributed by atoms with Gasteiger partial charge in [-0.05, 0) is 60.9 Å². The Morgan fingerprint density at radius 3 is 2.64 bits per heavy atom. The maximum Gasteiger partial charge on any atom is 0.267 e. The molecule has 12 heteroatoms. The summed E-state index contributed by atoms with van der Waals surface area (Å²) in [6, 6.07) is 13.2. The van der Waals surface area contributed by atoms with E-state index in [-0.39, 0.29) is 41.2 Å². The van der Waals surface area contributed by atoms with Crippen LogP contribution in [-0.2, 0) is 26.2 Å². The summed E-state index contributed by atoms with van der Waals surface area (Å²) in [6.45, 7) is -0.380. The third-order valence-corrected chi connectivity index (χ3v) is 7.62. The van der Waals surface area contributed by atoms with E-state index in [0.29, 0.717) is 12.2 Å². The number of sulfonamides is 1. The fourth-order valence-corrected chi connectivity index (χ4v) is 5.39. The Kier molecular flexibility index (Phi) is 7.86. The molecule has 1 fully saturated rings. The lowest BCUT2D eigenvalue weighted by molar-refractivity contribution is -0.143. The van der Waals surface area contributed by atoms with Crippen LogP contribution in [0.1, 0.15) is 30.1 Å². The molecule has 0 bridgehead atoms. The van der Waals surface area contributed by atoms with Gasteiger partial charge in [-0.25, -0.2) is 18.3 Å². The van der Waals surface area contributed by atoms with Crippen molar-refractivity contribution in [2.24, 2.45) is 0 Å². The predicted octanol–water partition coefficient (Wildman–Crippen LogP) is 3.53. The number of nitrogens with one attached hydrogen (secondary N) is 2. The standard InChI is InChI=1S/C24H23ClFN3O6S/c25-18-4-3-17(21(26)12-18)14-34-19-5-7-20(8-6-19)36(32,33)29-24(23(30)28-31)10-9-22(35-15-24)16-2-1-11-27-13-16/h1-8,11-13,22,29,31H,9-10,14-15H2,(H,28,30). The molecule has 2 atom stereocenters. The highest BCUT2D eigenvalue weighted by Gasteiger charge is 2.46. The molecule has 1 aliphatic heterocycles. The summed E-state index contributed by atoms with van der Waals surface area (Å²) >= 11 is 5.75. The number of ether oxygens (including phenoxy) is 2. The average Bonchev–Trinajstić information content (AvgIpc) is 2.88. The quantitative estimate of drug-likeness (QED) is 0.297. The first kappa shape index (κ1) is 26.0. The van der Waals surface area contributed by atoms with E-state index in [4.69, 9.17) is 21.1 Å². The molecule has 4 rings (SSSR count). The van der Waals surface area contributed by atoms with E-state index in [0.717, 1.165) is 5.56 Å². The highest BCUT2D eigenvalue weighted by Crippen LogP contribution is 2.34. The van der Waals surface area contributed by atoms with Crippen molar-refractivity contribution in [1.29, 1.82) is 0 Å². The largest absolute Gasteiger partial charge is 0.489 e. The van der Waals surface area contributed by atoms with E-state index in [1.165, 1.54) is 47.9 Å². The van der Waals surface area contributed by atoms with Gasteiger partial charge in [-0.15, -0.1) is 0 Å². The van der Waals surface area contributed by atoms with E-state index < -0.39 is 27.3 Å². The predicted molar refractivity (Wildman–Crippen MR) is 127 cm³/mol. The number of hydrogen-bond acceptors (Lipinski definition) is 7. The second-order valence-corrected chi connectivity index (χ2v) is 10.4. The number of benzene rings is 2. The monoisotopic (exact) mass is 535 g/mol. The highest BCUT2D eigenvalue weighted by atomic mass is 35.5. The second kappa shape index (κ2) is 10.9. The molecule has 3 N–H and O–H groups in total. The molecule has 36 heavy (non-hydrogen) atoms. The zero-order valence-corrected chi connectivity index (χ0v) is 20.4. The minimum atomic E-state index is -4.20.